The topological polar surface area (TPSA) is 49.3 Å². The van der Waals surface area contributed by atoms with Crippen LogP contribution in [0.15, 0.2) is 28.7 Å². The van der Waals surface area contributed by atoms with Crippen molar-refractivity contribution in [3.05, 3.63) is 34.3 Å². The van der Waals surface area contributed by atoms with Crippen LogP contribution in [-0.2, 0) is 4.79 Å². The van der Waals surface area contributed by atoms with E-state index in [0.717, 1.165) is 12.8 Å². The molecule has 0 radical (unpaired) electrons. The van der Waals surface area contributed by atoms with Crippen molar-refractivity contribution in [2.24, 2.45) is 0 Å². The summed E-state index contributed by atoms with van der Waals surface area (Å²) in [4.78, 5) is 10.4. The summed E-state index contributed by atoms with van der Waals surface area (Å²) in [5.41, 5.74) is 1.36. The maximum absolute atomic E-state index is 10.4. The largest absolute Gasteiger partial charge is 0.481 e. The Morgan fingerprint density at radius 3 is 2.76 bits per heavy atom. The van der Waals surface area contributed by atoms with Gasteiger partial charge in [-0.25, -0.2) is 0 Å². The third-order valence-electron chi connectivity index (χ3n) is 3.25. The minimum absolute atomic E-state index is 0.205. The average molecular weight is 298 g/mol. The lowest BCUT2D eigenvalue weighted by molar-refractivity contribution is -0.136. The van der Waals surface area contributed by atoms with E-state index in [0.29, 0.717) is 18.5 Å². The first-order chi connectivity index (χ1) is 8.16. The van der Waals surface area contributed by atoms with Crippen molar-refractivity contribution < 1.29 is 9.90 Å². The van der Waals surface area contributed by atoms with Gasteiger partial charge in [-0.1, -0.05) is 34.1 Å². The molecule has 1 aromatic rings. The number of hydrogen-bond donors (Lipinski definition) is 2. The molecule has 1 aliphatic carbocycles. The monoisotopic (exact) mass is 297 g/mol. The van der Waals surface area contributed by atoms with Crippen LogP contribution in [-0.4, -0.2) is 23.7 Å². The first kappa shape index (κ1) is 12.6. The second-order valence-corrected chi connectivity index (χ2v) is 5.34. The van der Waals surface area contributed by atoms with Gasteiger partial charge in [-0.3, -0.25) is 4.79 Å². The molecule has 2 rings (SSSR count). The van der Waals surface area contributed by atoms with E-state index in [9.17, 15) is 4.79 Å². The van der Waals surface area contributed by atoms with Gasteiger partial charge < -0.3 is 10.4 Å². The smallest absolute Gasteiger partial charge is 0.304 e. The van der Waals surface area contributed by atoms with Gasteiger partial charge in [0.05, 0.1) is 6.42 Å². The molecular weight excluding hydrogens is 282 g/mol. The Kier molecular flexibility index (Phi) is 4.18. The number of aliphatic carboxylic acids is 1. The predicted molar refractivity (Wildman–Crippen MR) is 70.2 cm³/mol. The summed E-state index contributed by atoms with van der Waals surface area (Å²) in [6, 6.07) is 8.79. The van der Waals surface area contributed by atoms with Crippen molar-refractivity contribution in [1.29, 1.82) is 0 Å². The van der Waals surface area contributed by atoms with Gasteiger partial charge in [0, 0.05) is 17.1 Å². The molecule has 92 valence electrons. The van der Waals surface area contributed by atoms with Gasteiger partial charge in [0.1, 0.15) is 0 Å². The van der Waals surface area contributed by atoms with Gasteiger partial charge in [-0.15, -0.1) is 0 Å². The van der Waals surface area contributed by atoms with E-state index in [-0.39, 0.29) is 6.42 Å². The first-order valence-corrected chi connectivity index (χ1v) is 6.65. The number of carbonyl (C=O) groups is 1. The molecule has 1 aliphatic rings. The summed E-state index contributed by atoms with van der Waals surface area (Å²) in [7, 11) is 0. The molecule has 2 N–H and O–H groups in total. The van der Waals surface area contributed by atoms with E-state index in [2.05, 4.69) is 39.4 Å². The van der Waals surface area contributed by atoms with E-state index in [1.54, 1.807) is 0 Å². The number of carboxylic acids is 1. The predicted octanol–water partition coefficient (Wildman–Crippen LogP) is 2.76. The molecule has 0 atom stereocenters. The Labute approximate surface area is 109 Å². The van der Waals surface area contributed by atoms with Crippen LogP contribution < -0.4 is 5.32 Å². The fourth-order valence-corrected chi connectivity index (χ4v) is 2.84. The molecule has 0 aliphatic heterocycles. The van der Waals surface area contributed by atoms with Crippen molar-refractivity contribution in [2.75, 3.05) is 6.54 Å². The summed E-state index contributed by atoms with van der Waals surface area (Å²) < 4.78 is 1.17. The number of nitrogens with one attached hydrogen (secondary N) is 1. The second kappa shape index (κ2) is 5.65. The average Bonchev–Trinajstić information content (AvgIpc) is 2.23. The molecule has 3 nitrogen and oxygen atoms in total. The molecular formula is C13H16BrNO2. The highest BCUT2D eigenvalue weighted by Gasteiger charge is 2.30. The van der Waals surface area contributed by atoms with Crippen LogP contribution in [0.2, 0.25) is 0 Å². The Hall–Kier alpha value is -0.870. The number of benzene rings is 1. The van der Waals surface area contributed by atoms with Crippen molar-refractivity contribution in [1.82, 2.24) is 5.32 Å². The lowest BCUT2D eigenvalue weighted by Gasteiger charge is -2.36. The Bertz CT molecular complexity index is 402. The lowest BCUT2D eigenvalue weighted by Crippen LogP contribution is -2.41. The highest BCUT2D eigenvalue weighted by Crippen LogP contribution is 2.39. The Balaban J connectivity index is 1.76. The zero-order chi connectivity index (χ0) is 12.3. The van der Waals surface area contributed by atoms with Crippen molar-refractivity contribution >= 4 is 21.9 Å². The minimum atomic E-state index is -0.737. The molecule has 0 aromatic heterocycles. The van der Waals surface area contributed by atoms with E-state index in [1.165, 1.54) is 10.0 Å². The fraction of sp³-hybridized carbons (Fsp3) is 0.462. The van der Waals surface area contributed by atoms with Crippen LogP contribution in [0.1, 0.15) is 30.7 Å². The third kappa shape index (κ3) is 3.30. The Morgan fingerprint density at radius 2 is 2.12 bits per heavy atom. The summed E-state index contributed by atoms with van der Waals surface area (Å²) >= 11 is 3.57. The van der Waals surface area contributed by atoms with Crippen molar-refractivity contribution in [2.45, 2.75) is 31.2 Å². The van der Waals surface area contributed by atoms with Gasteiger partial charge in [0.25, 0.3) is 0 Å². The zero-order valence-electron chi connectivity index (χ0n) is 9.53. The summed E-state index contributed by atoms with van der Waals surface area (Å²) in [6.45, 7) is 0.572. The van der Waals surface area contributed by atoms with Gasteiger partial charge >= 0.3 is 5.97 Å². The van der Waals surface area contributed by atoms with Gasteiger partial charge in [0.2, 0.25) is 0 Å². The summed E-state index contributed by atoms with van der Waals surface area (Å²) in [6.07, 6.45) is 2.40. The van der Waals surface area contributed by atoms with E-state index < -0.39 is 5.97 Å². The number of rotatable bonds is 5. The Morgan fingerprint density at radius 1 is 1.41 bits per heavy atom. The molecule has 1 fully saturated rings. The quantitative estimate of drug-likeness (QED) is 0.879. The third-order valence-corrected chi connectivity index (χ3v) is 3.98. The van der Waals surface area contributed by atoms with Crippen LogP contribution in [0, 0.1) is 0 Å². The highest BCUT2D eigenvalue weighted by atomic mass is 79.9. The minimum Gasteiger partial charge on any atom is -0.481 e. The standard InChI is InChI=1S/C13H16BrNO2/c14-12-4-2-1-3-11(12)9-7-10(8-9)15-6-5-13(16)17/h1-4,9-10,15H,5-8H2,(H,16,17). The summed E-state index contributed by atoms with van der Waals surface area (Å²) in [5, 5.41) is 11.8. The van der Waals surface area contributed by atoms with Gasteiger partial charge in [0.15, 0.2) is 0 Å². The molecule has 0 saturated heterocycles. The molecule has 0 bridgehead atoms. The molecule has 4 heteroatoms. The zero-order valence-corrected chi connectivity index (χ0v) is 11.1. The molecule has 0 unspecified atom stereocenters. The highest BCUT2D eigenvalue weighted by molar-refractivity contribution is 9.10. The first-order valence-electron chi connectivity index (χ1n) is 5.86. The SMILES string of the molecule is O=C(O)CCNC1CC(c2ccccc2Br)C1. The summed E-state index contributed by atoms with van der Waals surface area (Å²) in [5.74, 6) is -0.132. The number of halogens is 1. The van der Waals surface area contributed by atoms with E-state index >= 15 is 0 Å². The number of hydrogen-bond acceptors (Lipinski definition) is 2. The molecule has 0 amide bonds. The lowest BCUT2D eigenvalue weighted by atomic mass is 9.76. The van der Waals surface area contributed by atoms with Crippen LogP contribution >= 0.6 is 15.9 Å². The molecule has 17 heavy (non-hydrogen) atoms. The van der Waals surface area contributed by atoms with Gasteiger partial charge in [-0.05, 0) is 30.4 Å². The van der Waals surface area contributed by atoms with Crippen LogP contribution in [0.4, 0.5) is 0 Å². The van der Waals surface area contributed by atoms with Crippen LogP contribution in [0.5, 0.6) is 0 Å². The molecule has 0 spiro atoms. The second-order valence-electron chi connectivity index (χ2n) is 4.48. The van der Waals surface area contributed by atoms with E-state index in [1.807, 2.05) is 6.07 Å². The normalized spacial score (nSPS) is 23.1. The van der Waals surface area contributed by atoms with Crippen LogP contribution in [0.3, 0.4) is 0 Å². The molecule has 1 aromatic carbocycles. The van der Waals surface area contributed by atoms with E-state index in [4.69, 9.17) is 5.11 Å². The fourth-order valence-electron chi connectivity index (χ4n) is 2.23. The maximum Gasteiger partial charge on any atom is 0.304 e. The van der Waals surface area contributed by atoms with Crippen LogP contribution in [0.25, 0.3) is 0 Å². The maximum atomic E-state index is 10.4. The molecule has 1 saturated carbocycles. The van der Waals surface area contributed by atoms with Crippen molar-refractivity contribution in [3.63, 3.8) is 0 Å². The number of carboxylic acid groups (broad SMARTS) is 1. The molecule has 0 heterocycles. The van der Waals surface area contributed by atoms with Crippen molar-refractivity contribution in [3.8, 4) is 0 Å². The van der Waals surface area contributed by atoms with Gasteiger partial charge in [-0.2, -0.15) is 0 Å².